The number of piperidine rings is 2. The number of hydrogen-bond acceptors (Lipinski definition) is 7. The summed E-state index contributed by atoms with van der Waals surface area (Å²) >= 11 is 0. The molecule has 7 nitrogen and oxygen atoms in total. The highest BCUT2D eigenvalue weighted by Gasteiger charge is 2.93. The van der Waals surface area contributed by atoms with E-state index in [0.29, 0.717) is 48.1 Å². The summed E-state index contributed by atoms with van der Waals surface area (Å²) in [7, 11) is 0. The lowest BCUT2D eigenvalue weighted by Gasteiger charge is -2.72. The number of nitrogens with two attached hydrogens (primary N) is 1. The number of hydrogen-bond donors (Lipinski definition) is 1. The Morgan fingerprint density at radius 2 is 1.81 bits per heavy atom. The van der Waals surface area contributed by atoms with Gasteiger partial charge in [-0.3, -0.25) is 9.69 Å². The molecule has 52 heavy (non-hydrogen) atoms. The lowest BCUT2D eigenvalue weighted by Crippen LogP contribution is -2.77. The first-order valence-electron chi connectivity index (χ1n) is 20.8. The molecular formula is C45H55N3O4. The van der Waals surface area contributed by atoms with Gasteiger partial charge in [-0.25, -0.2) is 4.79 Å². The summed E-state index contributed by atoms with van der Waals surface area (Å²) < 4.78 is 13.9. The lowest BCUT2D eigenvalue weighted by molar-refractivity contribution is -0.278. The summed E-state index contributed by atoms with van der Waals surface area (Å²) in [6, 6.07) is 6.70. The number of rotatable bonds is 3. The predicted molar refractivity (Wildman–Crippen MR) is 198 cm³/mol. The van der Waals surface area contributed by atoms with Crippen molar-refractivity contribution < 1.29 is 19.1 Å². The zero-order valence-electron chi connectivity index (χ0n) is 31.3. The van der Waals surface area contributed by atoms with Gasteiger partial charge in [-0.2, -0.15) is 0 Å². The molecule has 14 rings (SSSR count). The number of nitrogens with zero attached hydrogens (tertiary/aromatic N) is 2. The van der Waals surface area contributed by atoms with Crippen LogP contribution >= 0.6 is 0 Å². The fourth-order valence-electron chi connectivity index (χ4n) is 14.5. The molecule has 274 valence electrons. The molecule has 2 saturated carbocycles. The Labute approximate surface area is 308 Å². The first-order valence-corrected chi connectivity index (χ1v) is 20.8. The van der Waals surface area contributed by atoms with Crippen LogP contribution in [0.5, 0.6) is 0 Å². The van der Waals surface area contributed by atoms with Crippen molar-refractivity contribution >= 4 is 11.9 Å². The Hall–Kier alpha value is -3.16. The molecule has 3 saturated heterocycles. The second kappa shape index (κ2) is 11.0. The van der Waals surface area contributed by atoms with Gasteiger partial charge in [0.15, 0.2) is 5.60 Å². The zero-order chi connectivity index (χ0) is 35.3. The number of benzene rings is 1. The van der Waals surface area contributed by atoms with Gasteiger partial charge in [0.2, 0.25) is 0 Å². The van der Waals surface area contributed by atoms with Crippen molar-refractivity contribution in [1.29, 1.82) is 0 Å². The van der Waals surface area contributed by atoms with E-state index < -0.39 is 16.4 Å². The van der Waals surface area contributed by atoms with E-state index in [4.69, 9.17) is 15.2 Å². The maximum atomic E-state index is 15.4. The predicted octanol–water partition coefficient (Wildman–Crippen LogP) is 7.04. The quantitative estimate of drug-likeness (QED) is 0.339. The second-order valence-corrected chi connectivity index (χ2v) is 18.9. The second-order valence-electron chi connectivity index (χ2n) is 18.9. The Kier molecular flexibility index (Phi) is 6.81. The van der Waals surface area contributed by atoms with E-state index in [9.17, 15) is 4.79 Å². The van der Waals surface area contributed by atoms with E-state index in [-0.39, 0.29) is 17.9 Å². The monoisotopic (exact) mass is 701 g/mol. The third-order valence-electron chi connectivity index (χ3n) is 16.3. The van der Waals surface area contributed by atoms with Gasteiger partial charge in [-0.1, -0.05) is 49.8 Å². The van der Waals surface area contributed by atoms with Gasteiger partial charge in [0, 0.05) is 55.3 Å². The van der Waals surface area contributed by atoms with Gasteiger partial charge in [-0.05, 0) is 130 Å². The van der Waals surface area contributed by atoms with Crippen LogP contribution in [0, 0.1) is 52.3 Å². The molecule has 1 unspecified atom stereocenters. The maximum absolute atomic E-state index is 15.4. The molecule has 0 aromatic heterocycles. The first kappa shape index (κ1) is 32.3. The molecule has 8 aliphatic heterocycles. The van der Waals surface area contributed by atoms with Crippen LogP contribution in [0.15, 0.2) is 64.6 Å². The van der Waals surface area contributed by atoms with E-state index in [1.807, 2.05) is 0 Å². The molecule has 2 N–H and O–H groups in total. The van der Waals surface area contributed by atoms with Crippen molar-refractivity contribution in [3.8, 4) is 0 Å². The van der Waals surface area contributed by atoms with Crippen molar-refractivity contribution in [2.24, 2.45) is 58.0 Å². The number of carbonyl (C=O) groups excluding carboxylic acids is 2. The summed E-state index contributed by atoms with van der Waals surface area (Å²) in [5, 5.41) is 0. The third-order valence-corrected chi connectivity index (χ3v) is 16.3. The Bertz CT molecular complexity index is 1910. The molecular weight excluding hydrogens is 647 g/mol. The molecule has 13 aliphatic rings. The standard InChI is InChI=1S/C45H55N3O4/c1-25-9-12-31-20-33-26(2)10-13-35-39(33)32-15-16-43-37(14-11-27(3)47-21-28-19-29(22-47)24-48(35)23-28)51-42(50)44(43,40(31)32)36(18-25)45(43)34-8-4-6-30(7-5-17-46)38(34)41(49)52-45/h4,6,8,13-14,20,25-29,33,36,39H,5,7,9-12,15-19,21-24,46H2,1-3H3/b37-14-/t25-,26-,27+,28-,29+,33-,36-,39-,43+,44+,45+/m0/s1. The molecule has 0 amide bonds. The fourth-order valence-corrected chi connectivity index (χ4v) is 14.5. The molecule has 10 bridgehead atoms. The average Bonchev–Trinajstić information content (AvgIpc) is 3.58. The molecule has 0 radical (unpaired) electrons. The maximum Gasteiger partial charge on any atom is 0.339 e. The Balaban J connectivity index is 1.20. The van der Waals surface area contributed by atoms with Crippen molar-refractivity contribution in [1.82, 2.24) is 9.80 Å². The molecule has 8 heterocycles. The van der Waals surface area contributed by atoms with E-state index in [2.05, 4.69) is 67.0 Å². The molecule has 7 heteroatoms. The molecule has 1 aromatic rings. The third kappa shape index (κ3) is 3.71. The van der Waals surface area contributed by atoms with E-state index >= 15 is 4.79 Å². The highest BCUT2D eigenvalue weighted by molar-refractivity contribution is 6.00. The normalized spacial score (nSPS) is 45.9. The zero-order valence-corrected chi connectivity index (χ0v) is 31.3. The number of allylic oxidation sites excluding steroid dienone is 4. The van der Waals surface area contributed by atoms with Crippen molar-refractivity contribution in [2.75, 3.05) is 32.7 Å². The van der Waals surface area contributed by atoms with Crippen LogP contribution < -0.4 is 5.73 Å². The molecule has 5 aliphatic carbocycles. The van der Waals surface area contributed by atoms with Gasteiger partial charge in [-0.15, -0.1) is 0 Å². The highest BCUT2D eigenvalue weighted by atomic mass is 16.6. The first-order chi connectivity index (χ1) is 25.2. The van der Waals surface area contributed by atoms with Gasteiger partial charge in [0.1, 0.15) is 11.2 Å². The SMILES string of the molecule is C[C@H]1CCC2=C[C@@H]3[C@H]4C(=CC[C@@H]3C)N3C[C@H]5C[C@@H](C3)CN(C5)[C@H](C)C/C=C3\OC(=O)[C@@]56C2=C4CC[C@@]35[C@]2(OC(=O)c3c(CCCN)cccc32)[C@H]6C1. The molecule has 1 aromatic carbocycles. The summed E-state index contributed by atoms with van der Waals surface area (Å²) in [6.45, 7) is 12.3. The largest absolute Gasteiger partial charge is 0.449 e. The summed E-state index contributed by atoms with van der Waals surface area (Å²) in [5.74, 6) is 3.31. The van der Waals surface area contributed by atoms with E-state index in [1.165, 1.54) is 23.1 Å². The van der Waals surface area contributed by atoms with E-state index in [1.54, 1.807) is 5.70 Å². The Morgan fingerprint density at radius 1 is 0.981 bits per heavy atom. The van der Waals surface area contributed by atoms with Crippen molar-refractivity contribution in [3.63, 3.8) is 0 Å². The van der Waals surface area contributed by atoms with E-state index in [0.717, 1.165) is 106 Å². The molecule has 5 fully saturated rings. The number of aryl methyl sites for hydroxylation is 1. The van der Waals surface area contributed by atoms with Crippen LogP contribution in [0.2, 0.25) is 0 Å². The number of esters is 2. The molecule has 12 atom stereocenters. The average molecular weight is 702 g/mol. The van der Waals surface area contributed by atoms with Crippen LogP contribution in [-0.4, -0.2) is 60.5 Å². The Morgan fingerprint density at radius 3 is 2.62 bits per heavy atom. The van der Waals surface area contributed by atoms with Crippen molar-refractivity contribution in [3.05, 3.63) is 81.3 Å². The van der Waals surface area contributed by atoms with Gasteiger partial charge >= 0.3 is 11.9 Å². The van der Waals surface area contributed by atoms with Gasteiger partial charge in [0.25, 0.3) is 0 Å². The van der Waals surface area contributed by atoms with Crippen molar-refractivity contribution in [2.45, 2.75) is 96.6 Å². The number of fused-ring (bicyclic) bond motifs is 3. The van der Waals surface area contributed by atoms with Gasteiger partial charge < -0.3 is 20.1 Å². The minimum Gasteiger partial charge on any atom is -0.449 e. The van der Waals surface area contributed by atoms with Crippen LogP contribution in [0.3, 0.4) is 0 Å². The fraction of sp³-hybridized carbons (Fsp3) is 0.644. The minimum absolute atomic E-state index is 0.0833. The lowest BCUT2D eigenvalue weighted by atomic mass is 9.28. The number of ether oxygens (including phenoxy) is 2. The summed E-state index contributed by atoms with van der Waals surface area (Å²) in [6.07, 6.45) is 17.0. The highest BCUT2D eigenvalue weighted by Crippen LogP contribution is 2.87. The summed E-state index contributed by atoms with van der Waals surface area (Å²) in [5.41, 5.74) is 11.9. The smallest absolute Gasteiger partial charge is 0.339 e. The van der Waals surface area contributed by atoms with Crippen LogP contribution in [0.25, 0.3) is 0 Å². The number of carbonyl (C=O) groups is 2. The molecule has 3 spiro atoms. The summed E-state index contributed by atoms with van der Waals surface area (Å²) in [4.78, 5) is 35.5. The van der Waals surface area contributed by atoms with Crippen LogP contribution in [-0.2, 0) is 26.3 Å². The van der Waals surface area contributed by atoms with Crippen LogP contribution in [0.1, 0.15) is 100 Å². The van der Waals surface area contributed by atoms with Gasteiger partial charge in [0.05, 0.1) is 11.0 Å². The topological polar surface area (TPSA) is 85.1 Å². The minimum atomic E-state index is -0.945. The van der Waals surface area contributed by atoms with Crippen LogP contribution in [0.4, 0.5) is 0 Å².